The lowest BCUT2D eigenvalue weighted by atomic mass is 10.0. The highest BCUT2D eigenvalue weighted by Gasteiger charge is 2.44. The molecule has 3 fully saturated rings. The zero-order chi connectivity index (χ0) is 55.9. The van der Waals surface area contributed by atoms with Gasteiger partial charge in [-0.05, 0) is 54.7 Å². The van der Waals surface area contributed by atoms with Crippen molar-refractivity contribution in [3.63, 3.8) is 0 Å². The number of rotatable bonds is 18. The second kappa shape index (κ2) is 22.7. The summed E-state index contributed by atoms with van der Waals surface area (Å²) in [5.41, 5.74) is 11.5. The number of aliphatic hydroxyl groups is 2. The number of ether oxygens (including phenoxy) is 3. The average Bonchev–Trinajstić information content (AvgIpc) is 4.34. The number of carbonyl (C=O) groups is 2. The summed E-state index contributed by atoms with van der Waals surface area (Å²) in [6.07, 6.45) is 4.74. The van der Waals surface area contributed by atoms with Crippen molar-refractivity contribution in [1.29, 1.82) is 5.26 Å². The fourth-order valence-corrected chi connectivity index (χ4v) is 12.0. The molecular weight excluding hydrogens is 1070 g/mol. The van der Waals surface area contributed by atoms with E-state index < -0.39 is 48.5 Å². The van der Waals surface area contributed by atoms with Gasteiger partial charge < -0.3 is 50.6 Å². The molecule has 3 aliphatic heterocycles. The maximum absolute atomic E-state index is 15.5. The summed E-state index contributed by atoms with van der Waals surface area (Å²) in [5, 5.41) is 48.5. The van der Waals surface area contributed by atoms with Gasteiger partial charge in [0.05, 0.1) is 57.4 Å². The third-order valence-electron chi connectivity index (χ3n) is 15.0. The number of hydrogen-bond donors (Lipinski definition) is 5. The quantitative estimate of drug-likeness (QED) is 0.0577. The summed E-state index contributed by atoms with van der Waals surface area (Å²) in [4.78, 5) is 51.4. The van der Waals surface area contributed by atoms with Gasteiger partial charge in [-0.25, -0.2) is 9.07 Å². The number of nitriles is 1. The minimum atomic E-state index is -1.02. The third kappa shape index (κ3) is 10.4. The van der Waals surface area contributed by atoms with Gasteiger partial charge in [-0.15, -0.1) is 16.4 Å². The number of aromatic nitrogens is 7. The molecule has 3 saturated heterocycles. The minimum absolute atomic E-state index is 0.00631. The highest BCUT2D eigenvalue weighted by molar-refractivity contribution is 7.23. The van der Waals surface area contributed by atoms with Gasteiger partial charge in [0.15, 0.2) is 5.75 Å². The van der Waals surface area contributed by atoms with Crippen LogP contribution < -0.4 is 30.7 Å². The van der Waals surface area contributed by atoms with Crippen molar-refractivity contribution in [2.45, 2.75) is 82.6 Å². The van der Waals surface area contributed by atoms with Crippen LogP contribution >= 0.6 is 22.9 Å². The Morgan fingerprint density at radius 1 is 1.01 bits per heavy atom. The van der Waals surface area contributed by atoms with Crippen LogP contribution in [0.15, 0.2) is 91.4 Å². The molecule has 8 heterocycles. The van der Waals surface area contributed by atoms with Crippen molar-refractivity contribution in [3.05, 3.63) is 119 Å². The molecule has 412 valence electrons. The molecule has 8 aromatic rings. The number of nitrogen functional groups attached to an aromatic ring is 1. The molecule has 0 unspecified atom stereocenters. The van der Waals surface area contributed by atoms with Gasteiger partial charge >= 0.3 is 6.01 Å². The summed E-state index contributed by atoms with van der Waals surface area (Å²) in [5.74, 6) is -0.879. The Balaban J connectivity index is 0.852. The molecule has 2 bridgehead atoms. The van der Waals surface area contributed by atoms with Crippen molar-refractivity contribution in [2.75, 3.05) is 50.6 Å². The molecule has 11 rings (SSSR count). The van der Waals surface area contributed by atoms with Crippen LogP contribution in [0.25, 0.3) is 54.8 Å². The molecule has 80 heavy (non-hydrogen) atoms. The first kappa shape index (κ1) is 54.1. The number of nitrogens with two attached hydrogens (primary N) is 1. The molecule has 7 atom stereocenters. The predicted molar refractivity (Wildman–Crippen MR) is 299 cm³/mol. The van der Waals surface area contributed by atoms with E-state index in [9.17, 15) is 25.1 Å². The smallest absolute Gasteiger partial charge is 0.319 e. The first-order valence-electron chi connectivity index (χ1n) is 26.2. The molecule has 2 amide bonds. The van der Waals surface area contributed by atoms with Gasteiger partial charge in [0.25, 0.3) is 0 Å². The number of thiophene rings is 1. The lowest BCUT2D eigenvalue weighted by Gasteiger charge is -2.30. The predicted octanol–water partition coefficient (Wildman–Crippen LogP) is 7.03. The lowest BCUT2D eigenvalue weighted by Crippen LogP contribution is -2.50. The zero-order valence-electron chi connectivity index (χ0n) is 44.1. The number of fused-ring (bicyclic) bond motifs is 4. The number of benzene rings is 3. The molecule has 5 aromatic heterocycles. The number of carbonyl (C=O) groups excluding carboxylic acids is 2. The number of nitrogens with zero attached hydrogens (tertiary/aromatic N) is 10. The molecule has 0 saturated carbocycles. The van der Waals surface area contributed by atoms with Crippen LogP contribution in [0.3, 0.4) is 0 Å². The highest BCUT2D eigenvalue weighted by atomic mass is 35.5. The first-order chi connectivity index (χ1) is 38.7. The molecule has 3 aromatic carbocycles. The van der Waals surface area contributed by atoms with Gasteiger partial charge in [-0.2, -0.15) is 15.2 Å². The van der Waals surface area contributed by atoms with Crippen LogP contribution in [-0.2, 0) is 20.9 Å². The molecule has 6 N–H and O–H groups in total. The van der Waals surface area contributed by atoms with Gasteiger partial charge in [-0.1, -0.05) is 79.2 Å². The normalized spacial score (nSPS) is 18.9. The zero-order valence-corrected chi connectivity index (χ0v) is 45.7. The SMILES string of the molecule is CO[C@@H](C)COc1nc(N2C[C@@H]3C[C@H]2CN3)c2cnc(-c3ccc(F)c4sc(N)c(C#N)c34)c(OCc3ccc(-c4cn([C@H](C(=O)N5C[C@H](O)C[C@H]5C(=O)N[C@@H](CO)c5ccc(-c6ncccc6Cl)cc5)C(C)C)nn4)cc3)c2n1. The number of piperazine rings is 1. The number of hydrogen-bond acceptors (Lipinski definition) is 18. The second-order valence-corrected chi connectivity index (χ2v) is 22.1. The van der Waals surface area contributed by atoms with Crippen LogP contribution in [0.2, 0.25) is 5.02 Å². The minimum Gasteiger partial charge on any atom is -0.484 e. The Bertz CT molecular complexity index is 3670. The number of likely N-dealkylation sites (tertiary alicyclic amines) is 1. The maximum atomic E-state index is 15.5. The third-order valence-corrected chi connectivity index (χ3v) is 16.4. The molecule has 20 nitrogen and oxygen atoms in total. The van der Waals surface area contributed by atoms with E-state index in [2.05, 4.69) is 36.9 Å². The van der Waals surface area contributed by atoms with Crippen molar-refractivity contribution < 1.29 is 38.4 Å². The lowest BCUT2D eigenvalue weighted by molar-refractivity contribution is -0.142. The molecule has 23 heteroatoms. The number of methoxy groups -OCH3 is 1. The Kier molecular flexibility index (Phi) is 15.3. The summed E-state index contributed by atoms with van der Waals surface area (Å²) in [7, 11) is 1.60. The van der Waals surface area contributed by atoms with Crippen molar-refractivity contribution >= 4 is 66.6 Å². The van der Waals surface area contributed by atoms with Crippen LogP contribution in [0.4, 0.5) is 15.2 Å². The topological polar surface area (TPSA) is 265 Å². The Hall–Kier alpha value is -7.91. The maximum Gasteiger partial charge on any atom is 0.319 e. The molecule has 0 aliphatic carbocycles. The van der Waals surface area contributed by atoms with Gasteiger partial charge in [0.1, 0.15) is 64.9 Å². The van der Waals surface area contributed by atoms with Crippen molar-refractivity contribution in [1.82, 2.24) is 50.5 Å². The highest BCUT2D eigenvalue weighted by Crippen LogP contribution is 2.46. The van der Waals surface area contributed by atoms with E-state index in [1.165, 1.54) is 15.6 Å². The molecule has 3 aliphatic rings. The number of amides is 2. The largest absolute Gasteiger partial charge is 0.484 e. The van der Waals surface area contributed by atoms with E-state index in [1.54, 1.807) is 68.2 Å². The Morgan fingerprint density at radius 2 is 1.80 bits per heavy atom. The summed E-state index contributed by atoms with van der Waals surface area (Å²) < 4.78 is 35.6. The van der Waals surface area contributed by atoms with Gasteiger partial charge in [-0.3, -0.25) is 19.6 Å². The number of aliphatic hydroxyl groups excluding tert-OH is 2. The Morgan fingerprint density at radius 3 is 2.50 bits per heavy atom. The molecular formula is C57H57ClFN13O7S. The summed E-state index contributed by atoms with van der Waals surface area (Å²) in [6, 6.07) is 21.0. The second-order valence-electron chi connectivity index (χ2n) is 20.6. The van der Waals surface area contributed by atoms with Crippen LogP contribution in [0, 0.1) is 23.1 Å². The molecule has 0 radical (unpaired) electrons. The first-order valence-corrected chi connectivity index (χ1v) is 27.4. The fourth-order valence-electron chi connectivity index (χ4n) is 10.8. The monoisotopic (exact) mass is 1120 g/mol. The van der Waals surface area contributed by atoms with Gasteiger partial charge in [0.2, 0.25) is 11.8 Å². The number of nitrogens with one attached hydrogen (secondary N) is 2. The van der Waals surface area contributed by atoms with Crippen LogP contribution in [0.1, 0.15) is 62.4 Å². The number of pyridine rings is 2. The fraction of sp³-hybridized carbons (Fsp3) is 0.351. The average molecular weight is 1120 g/mol. The van der Waals surface area contributed by atoms with Crippen LogP contribution in [0.5, 0.6) is 11.8 Å². The summed E-state index contributed by atoms with van der Waals surface area (Å²) in [6.45, 7) is 6.82. The van der Waals surface area contributed by atoms with E-state index in [-0.39, 0.29) is 71.3 Å². The van der Waals surface area contributed by atoms with E-state index in [0.29, 0.717) is 73.5 Å². The number of anilines is 2. The molecule has 0 spiro atoms. The van der Waals surface area contributed by atoms with Gasteiger partial charge in [0, 0.05) is 79.7 Å². The van der Waals surface area contributed by atoms with Crippen molar-refractivity contribution in [3.8, 4) is 51.6 Å². The van der Waals surface area contributed by atoms with E-state index in [0.717, 1.165) is 35.4 Å². The van der Waals surface area contributed by atoms with E-state index in [4.69, 9.17) is 46.5 Å². The number of halogens is 2. The standard InChI is InChI=1S/C57H57ClFN13O7S/c1-29(2)50(56(76)71-24-37(74)19-45(71)55(75)65-44(26-73)33-11-13-34(14-12-33)47-41(58)6-5-17-62-47)72-25-43(68-69-72)32-9-7-31(8-10-32)28-78-51-48(38-15-16-42(59)52-46(38)39(20-60)53(61)80-52)64-22-40-49(51)66-57(79-27-30(3)77-4)67-54(40)70-23-35-18-36(70)21-63-35/h5-17,22,25,29-30,35-37,44-45,50,63,73-74H,18-19,21,23-24,26-28,61H2,1-4H3,(H,65,75)/t30-,35-,36-,37+,44-,45-,50-/m0/s1. The van der Waals surface area contributed by atoms with E-state index >= 15 is 4.39 Å². The van der Waals surface area contributed by atoms with Crippen LogP contribution in [-0.4, -0.2) is 132 Å². The number of β-amino-alcohol motifs (C(OH)–C–C–N with tert-alkyl or cyclic N) is 1. The summed E-state index contributed by atoms with van der Waals surface area (Å²) >= 11 is 7.35. The van der Waals surface area contributed by atoms with E-state index in [1.807, 2.05) is 45.0 Å². The Labute approximate surface area is 468 Å². The van der Waals surface area contributed by atoms with Crippen molar-refractivity contribution in [2.24, 2.45) is 5.92 Å².